The monoisotopic (exact) mass is 269 g/mol. The number of nitro benzene ring substituents is 1. The molecule has 0 aliphatic heterocycles. The standard InChI is InChI=1S/C10H8ClN3O2S/c11-8-2-1-3-9(10(8)14(15)16)13-5-7-4-12-6-17-7/h1-4,6,13H,5H2. The number of rotatable bonds is 4. The van der Waals surface area contributed by atoms with Crippen LogP contribution in [0.5, 0.6) is 0 Å². The van der Waals surface area contributed by atoms with Gasteiger partial charge in [0, 0.05) is 11.1 Å². The summed E-state index contributed by atoms with van der Waals surface area (Å²) in [7, 11) is 0. The molecule has 1 aromatic heterocycles. The Morgan fingerprint density at radius 2 is 2.35 bits per heavy atom. The van der Waals surface area contributed by atoms with Crippen molar-refractivity contribution >= 4 is 34.3 Å². The van der Waals surface area contributed by atoms with Crippen LogP contribution in [0.4, 0.5) is 11.4 Å². The van der Waals surface area contributed by atoms with Crippen LogP contribution in [0.3, 0.4) is 0 Å². The van der Waals surface area contributed by atoms with Crippen LogP contribution in [0.2, 0.25) is 5.02 Å². The Balaban J connectivity index is 2.21. The molecule has 1 aromatic carbocycles. The molecule has 7 heteroatoms. The maximum absolute atomic E-state index is 10.9. The summed E-state index contributed by atoms with van der Waals surface area (Å²) in [5.41, 5.74) is 2.03. The topological polar surface area (TPSA) is 68.1 Å². The van der Waals surface area contributed by atoms with Gasteiger partial charge in [-0.05, 0) is 12.1 Å². The van der Waals surface area contributed by atoms with E-state index in [1.165, 1.54) is 17.4 Å². The summed E-state index contributed by atoms with van der Waals surface area (Å²) >= 11 is 7.28. The Labute approximate surface area is 106 Å². The third-order valence-corrected chi connectivity index (χ3v) is 3.19. The summed E-state index contributed by atoms with van der Waals surface area (Å²) in [6, 6.07) is 4.80. The summed E-state index contributed by atoms with van der Waals surface area (Å²) in [6.45, 7) is 0.492. The van der Waals surface area contributed by atoms with Crippen LogP contribution in [-0.4, -0.2) is 9.91 Å². The highest BCUT2D eigenvalue weighted by Crippen LogP contribution is 2.32. The van der Waals surface area contributed by atoms with E-state index in [0.29, 0.717) is 12.2 Å². The Hall–Kier alpha value is -1.66. The van der Waals surface area contributed by atoms with Crippen LogP contribution < -0.4 is 5.32 Å². The molecule has 0 aliphatic carbocycles. The predicted octanol–water partition coefficient (Wildman–Crippen LogP) is 3.32. The summed E-state index contributed by atoms with van der Waals surface area (Å²) in [5, 5.41) is 14.0. The van der Waals surface area contributed by atoms with Crippen LogP contribution in [0, 0.1) is 10.1 Å². The number of thiazole rings is 1. The van der Waals surface area contributed by atoms with Crippen molar-refractivity contribution in [3.8, 4) is 0 Å². The lowest BCUT2D eigenvalue weighted by atomic mass is 10.2. The van der Waals surface area contributed by atoms with E-state index in [0.717, 1.165) is 4.88 Å². The maximum atomic E-state index is 10.9. The second kappa shape index (κ2) is 5.11. The molecule has 2 aromatic rings. The van der Waals surface area contributed by atoms with E-state index in [2.05, 4.69) is 10.3 Å². The first-order chi connectivity index (χ1) is 8.18. The molecule has 0 amide bonds. The molecule has 88 valence electrons. The van der Waals surface area contributed by atoms with Gasteiger partial charge in [0.1, 0.15) is 10.7 Å². The highest BCUT2D eigenvalue weighted by molar-refractivity contribution is 7.09. The summed E-state index contributed by atoms with van der Waals surface area (Å²) in [6.07, 6.45) is 1.72. The van der Waals surface area contributed by atoms with E-state index in [9.17, 15) is 10.1 Å². The average Bonchev–Trinajstić information content (AvgIpc) is 2.78. The van der Waals surface area contributed by atoms with E-state index in [-0.39, 0.29) is 10.7 Å². The number of anilines is 1. The summed E-state index contributed by atoms with van der Waals surface area (Å²) in [4.78, 5) is 15.3. The van der Waals surface area contributed by atoms with Gasteiger partial charge in [0.05, 0.1) is 17.0 Å². The number of benzene rings is 1. The normalized spacial score (nSPS) is 10.2. The lowest BCUT2D eigenvalue weighted by molar-refractivity contribution is -0.383. The molecule has 0 saturated carbocycles. The smallest absolute Gasteiger partial charge is 0.310 e. The number of nitrogens with zero attached hydrogens (tertiary/aromatic N) is 2. The van der Waals surface area contributed by atoms with E-state index in [4.69, 9.17) is 11.6 Å². The number of hydrogen-bond acceptors (Lipinski definition) is 5. The van der Waals surface area contributed by atoms with Gasteiger partial charge in [-0.25, -0.2) is 0 Å². The van der Waals surface area contributed by atoms with Crippen LogP contribution in [0.1, 0.15) is 4.88 Å². The lowest BCUT2D eigenvalue weighted by Gasteiger charge is -2.06. The highest BCUT2D eigenvalue weighted by atomic mass is 35.5. The minimum atomic E-state index is -0.489. The summed E-state index contributed by atoms with van der Waals surface area (Å²) < 4.78 is 0. The van der Waals surface area contributed by atoms with Crippen molar-refractivity contribution in [1.29, 1.82) is 0 Å². The molecule has 0 atom stereocenters. The van der Waals surface area contributed by atoms with E-state index >= 15 is 0 Å². The Kier molecular flexibility index (Phi) is 3.55. The van der Waals surface area contributed by atoms with Gasteiger partial charge in [-0.3, -0.25) is 15.1 Å². The first-order valence-electron chi connectivity index (χ1n) is 4.72. The zero-order chi connectivity index (χ0) is 12.3. The van der Waals surface area contributed by atoms with Gasteiger partial charge in [-0.2, -0.15) is 0 Å². The molecule has 17 heavy (non-hydrogen) atoms. The van der Waals surface area contributed by atoms with Crippen LogP contribution in [0.15, 0.2) is 29.9 Å². The molecule has 5 nitrogen and oxygen atoms in total. The van der Waals surface area contributed by atoms with Crippen molar-refractivity contribution in [2.45, 2.75) is 6.54 Å². The van der Waals surface area contributed by atoms with Gasteiger partial charge >= 0.3 is 5.69 Å². The van der Waals surface area contributed by atoms with Gasteiger partial charge in [0.2, 0.25) is 0 Å². The Bertz CT molecular complexity index is 530. The predicted molar refractivity (Wildman–Crippen MR) is 67.5 cm³/mol. The second-order valence-corrected chi connectivity index (χ2v) is 4.59. The van der Waals surface area contributed by atoms with E-state index in [1.807, 2.05) is 0 Å². The minimum Gasteiger partial charge on any atom is -0.374 e. The van der Waals surface area contributed by atoms with E-state index in [1.54, 1.807) is 23.8 Å². The van der Waals surface area contributed by atoms with Crippen LogP contribution in [0.25, 0.3) is 0 Å². The first kappa shape index (κ1) is 11.8. The third kappa shape index (κ3) is 2.72. The molecule has 2 rings (SSSR count). The van der Waals surface area contributed by atoms with E-state index < -0.39 is 4.92 Å². The van der Waals surface area contributed by atoms with Gasteiger partial charge < -0.3 is 5.32 Å². The number of hydrogen-bond donors (Lipinski definition) is 1. The molecule has 0 bridgehead atoms. The van der Waals surface area contributed by atoms with Crippen molar-refractivity contribution in [3.05, 3.63) is 49.9 Å². The molecule has 1 N–H and O–H groups in total. The van der Waals surface area contributed by atoms with Crippen molar-refractivity contribution in [2.75, 3.05) is 5.32 Å². The zero-order valence-corrected chi connectivity index (χ0v) is 10.2. The van der Waals surface area contributed by atoms with Crippen molar-refractivity contribution in [3.63, 3.8) is 0 Å². The number of nitro groups is 1. The Morgan fingerprint density at radius 1 is 1.53 bits per heavy atom. The first-order valence-corrected chi connectivity index (χ1v) is 5.98. The number of halogens is 1. The molecular weight excluding hydrogens is 262 g/mol. The second-order valence-electron chi connectivity index (χ2n) is 3.21. The van der Waals surface area contributed by atoms with Gasteiger partial charge in [-0.1, -0.05) is 17.7 Å². The fraction of sp³-hybridized carbons (Fsp3) is 0.100. The molecule has 0 saturated heterocycles. The molecule has 1 heterocycles. The molecule has 0 fully saturated rings. The lowest BCUT2D eigenvalue weighted by Crippen LogP contribution is -2.01. The largest absolute Gasteiger partial charge is 0.374 e. The van der Waals surface area contributed by atoms with Crippen molar-refractivity contribution in [1.82, 2.24) is 4.98 Å². The molecule has 0 unspecified atom stereocenters. The fourth-order valence-electron chi connectivity index (χ4n) is 1.36. The quantitative estimate of drug-likeness (QED) is 0.683. The van der Waals surface area contributed by atoms with Crippen LogP contribution >= 0.6 is 22.9 Å². The average molecular weight is 270 g/mol. The molecule has 0 radical (unpaired) electrons. The minimum absolute atomic E-state index is 0.0984. The van der Waals surface area contributed by atoms with Crippen molar-refractivity contribution in [2.24, 2.45) is 0 Å². The van der Waals surface area contributed by atoms with Gasteiger partial charge in [0.25, 0.3) is 0 Å². The summed E-state index contributed by atoms with van der Waals surface area (Å²) in [5.74, 6) is 0. The molecular formula is C10H8ClN3O2S. The van der Waals surface area contributed by atoms with Gasteiger partial charge in [-0.15, -0.1) is 11.3 Å². The Morgan fingerprint density at radius 3 is 3.00 bits per heavy atom. The van der Waals surface area contributed by atoms with Crippen molar-refractivity contribution < 1.29 is 4.92 Å². The number of aromatic nitrogens is 1. The number of para-hydroxylation sites is 1. The SMILES string of the molecule is O=[N+]([O-])c1c(Cl)cccc1NCc1cncs1. The number of nitrogens with one attached hydrogen (secondary N) is 1. The molecule has 0 spiro atoms. The zero-order valence-electron chi connectivity index (χ0n) is 8.59. The fourth-order valence-corrected chi connectivity index (χ4v) is 2.13. The highest BCUT2D eigenvalue weighted by Gasteiger charge is 2.17. The molecule has 0 aliphatic rings. The van der Waals surface area contributed by atoms with Crippen LogP contribution in [-0.2, 0) is 6.54 Å². The third-order valence-electron chi connectivity index (χ3n) is 2.11. The van der Waals surface area contributed by atoms with Gasteiger partial charge in [0.15, 0.2) is 0 Å². The maximum Gasteiger partial charge on any atom is 0.310 e.